The predicted octanol–water partition coefficient (Wildman–Crippen LogP) is 1.84. The molecular formula is C12H8BrClN2O3. The smallest absolute Gasteiger partial charge is 0.292 e. The zero-order chi connectivity index (χ0) is 14.0. The first-order valence-corrected chi connectivity index (χ1v) is 6.42. The number of halogens is 2. The molecule has 2 aromatic rings. The molecule has 0 saturated heterocycles. The lowest BCUT2D eigenvalue weighted by Gasteiger charge is -2.05. The van der Waals surface area contributed by atoms with Crippen molar-refractivity contribution in [3.8, 4) is 0 Å². The van der Waals surface area contributed by atoms with Crippen LogP contribution in [0.5, 0.6) is 0 Å². The lowest BCUT2D eigenvalue weighted by Crippen LogP contribution is -2.31. The molecule has 1 heterocycles. The van der Waals surface area contributed by atoms with Gasteiger partial charge in [-0.3, -0.25) is 19.1 Å². The van der Waals surface area contributed by atoms with Crippen LogP contribution in [0.25, 0.3) is 0 Å². The SMILES string of the molecule is O=C(Cn1cc(Br)c(=O)[nH]c1=O)c1cccc(Cl)c1. The monoisotopic (exact) mass is 342 g/mol. The highest BCUT2D eigenvalue weighted by molar-refractivity contribution is 9.10. The Hall–Kier alpha value is -1.66. The van der Waals surface area contributed by atoms with Crippen molar-refractivity contribution >= 4 is 33.3 Å². The Labute approximate surface area is 121 Å². The van der Waals surface area contributed by atoms with Crippen LogP contribution in [0.2, 0.25) is 5.02 Å². The van der Waals surface area contributed by atoms with Crippen LogP contribution in [-0.2, 0) is 6.54 Å². The molecule has 0 radical (unpaired) electrons. The summed E-state index contributed by atoms with van der Waals surface area (Å²) in [6, 6.07) is 6.44. The number of carbonyl (C=O) groups is 1. The molecule has 5 nitrogen and oxygen atoms in total. The van der Waals surface area contributed by atoms with E-state index in [2.05, 4.69) is 20.9 Å². The van der Waals surface area contributed by atoms with Crippen molar-refractivity contribution in [2.45, 2.75) is 6.54 Å². The summed E-state index contributed by atoms with van der Waals surface area (Å²) in [4.78, 5) is 36.8. The largest absolute Gasteiger partial charge is 0.328 e. The molecule has 0 aliphatic carbocycles. The summed E-state index contributed by atoms with van der Waals surface area (Å²) in [5.74, 6) is -0.274. The summed E-state index contributed by atoms with van der Waals surface area (Å²) >= 11 is 8.80. The molecule has 7 heteroatoms. The predicted molar refractivity (Wildman–Crippen MR) is 74.8 cm³/mol. The number of ketones is 1. The molecule has 2 rings (SSSR count). The van der Waals surface area contributed by atoms with Crippen molar-refractivity contribution in [2.75, 3.05) is 0 Å². The molecule has 1 aromatic heterocycles. The van der Waals surface area contributed by atoms with Crippen LogP contribution in [0.3, 0.4) is 0 Å². The number of aromatic nitrogens is 2. The van der Waals surface area contributed by atoms with Gasteiger partial charge in [-0.15, -0.1) is 0 Å². The lowest BCUT2D eigenvalue weighted by atomic mass is 10.1. The van der Waals surface area contributed by atoms with Crippen molar-refractivity contribution in [3.63, 3.8) is 0 Å². The zero-order valence-electron chi connectivity index (χ0n) is 9.52. The summed E-state index contributed by atoms with van der Waals surface area (Å²) in [6.07, 6.45) is 1.28. The second-order valence-corrected chi connectivity index (χ2v) is 5.09. The average molecular weight is 344 g/mol. The summed E-state index contributed by atoms with van der Waals surface area (Å²) in [6.45, 7) is -0.172. The van der Waals surface area contributed by atoms with E-state index >= 15 is 0 Å². The first kappa shape index (κ1) is 13.8. The summed E-state index contributed by atoms with van der Waals surface area (Å²) in [7, 11) is 0. The number of benzene rings is 1. The minimum Gasteiger partial charge on any atom is -0.292 e. The number of Topliss-reactive ketones (excluding diaryl/α,β-unsaturated/α-hetero) is 1. The van der Waals surface area contributed by atoms with Gasteiger partial charge in [0, 0.05) is 16.8 Å². The number of carbonyl (C=O) groups excluding carboxylic acids is 1. The van der Waals surface area contributed by atoms with Crippen LogP contribution in [0.4, 0.5) is 0 Å². The maximum absolute atomic E-state index is 12.0. The van der Waals surface area contributed by atoms with Gasteiger partial charge in [-0.1, -0.05) is 23.7 Å². The van der Waals surface area contributed by atoms with Gasteiger partial charge >= 0.3 is 5.69 Å². The van der Waals surface area contributed by atoms with Crippen molar-refractivity contribution in [2.24, 2.45) is 0 Å². The van der Waals surface area contributed by atoms with Crippen molar-refractivity contribution in [3.05, 3.63) is 66.4 Å². The van der Waals surface area contributed by atoms with Crippen molar-refractivity contribution < 1.29 is 4.79 Å². The number of hydrogen-bond acceptors (Lipinski definition) is 3. The van der Waals surface area contributed by atoms with E-state index in [1.165, 1.54) is 12.3 Å². The van der Waals surface area contributed by atoms with Gasteiger partial charge in [0.1, 0.15) is 0 Å². The summed E-state index contributed by atoms with van der Waals surface area (Å²) in [5.41, 5.74) is -0.762. The second-order valence-electron chi connectivity index (χ2n) is 3.80. The molecular weight excluding hydrogens is 336 g/mol. The van der Waals surface area contributed by atoms with Crippen LogP contribution in [0.1, 0.15) is 10.4 Å². The highest BCUT2D eigenvalue weighted by Gasteiger charge is 2.10. The molecule has 0 bridgehead atoms. The van der Waals surface area contributed by atoms with Crippen molar-refractivity contribution in [1.82, 2.24) is 9.55 Å². The highest BCUT2D eigenvalue weighted by atomic mass is 79.9. The molecule has 0 aliphatic heterocycles. The van der Waals surface area contributed by atoms with E-state index in [0.29, 0.717) is 10.6 Å². The quantitative estimate of drug-likeness (QED) is 0.864. The van der Waals surface area contributed by atoms with Crippen LogP contribution >= 0.6 is 27.5 Å². The molecule has 0 spiro atoms. The molecule has 1 aromatic carbocycles. The molecule has 1 N–H and O–H groups in total. The van der Waals surface area contributed by atoms with Crippen LogP contribution < -0.4 is 11.2 Å². The van der Waals surface area contributed by atoms with Gasteiger partial charge in [0.15, 0.2) is 5.78 Å². The third-order valence-electron chi connectivity index (χ3n) is 2.43. The zero-order valence-corrected chi connectivity index (χ0v) is 11.9. The lowest BCUT2D eigenvalue weighted by molar-refractivity contribution is 0.0970. The molecule has 19 heavy (non-hydrogen) atoms. The fourth-order valence-corrected chi connectivity index (χ4v) is 2.04. The number of nitrogens with zero attached hydrogens (tertiary/aromatic N) is 1. The molecule has 0 saturated carbocycles. The van der Waals surface area contributed by atoms with E-state index < -0.39 is 11.2 Å². The summed E-state index contributed by atoms with van der Waals surface area (Å²) in [5, 5.41) is 0.445. The number of aromatic amines is 1. The Kier molecular flexibility index (Phi) is 4.01. The van der Waals surface area contributed by atoms with E-state index in [4.69, 9.17) is 11.6 Å². The van der Waals surface area contributed by atoms with Gasteiger partial charge in [0.2, 0.25) is 0 Å². The first-order valence-electron chi connectivity index (χ1n) is 5.25. The van der Waals surface area contributed by atoms with E-state index in [9.17, 15) is 14.4 Å². The van der Waals surface area contributed by atoms with Gasteiger partial charge in [-0.2, -0.15) is 0 Å². The molecule has 0 aliphatic rings. The van der Waals surface area contributed by atoms with Gasteiger partial charge in [0.25, 0.3) is 5.56 Å². The number of H-pyrrole nitrogens is 1. The molecule has 0 unspecified atom stereocenters. The Morgan fingerprint density at radius 2 is 2.11 bits per heavy atom. The fraction of sp³-hybridized carbons (Fsp3) is 0.0833. The summed E-state index contributed by atoms with van der Waals surface area (Å²) < 4.78 is 1.31. The number of hydrogen-bond donors (Lipinski definition) is 1. The van der Waals surface area contributed by atoms with E-state index in [-0.39, 0.29) is 16.8 Å². The topological polar surface area (TPSA) is 71.9 Å². The maximum Gasteiger partial charge on any atom is 0.328 e. The highest BCUT2D eigenvalue weighted by Crippen LogP contribution is 2.11. The van der Waals surface area contributed by atoms with Crippen LogP contribution in [0, 0.1) is 0 Å². The van der Waals surface area contributed by atoms with E-state index in [0.717, 1.165) is 4.57 Å². The normalized spacial score (nSPS) is 10.4. The Morgan fingerprint density at radius 1 is 1.37 bits per heavy atom. The second kappa shape index (κ2) is 5.54. The standard InChI is InChI=1S/C12H8BrClN2O3/c13-9-5-16(12(19)15-11(9)18)6-10(17)7-2-1-3-8(14)4-7/h1-5H,6H2,(H,15,18,19). The first-order chi connectivity index (χ1) is 8.97. The minimum atomic E-state index is -0.636. The Bertz CT molecular complexity index is 751. The molecule has 98 valence electrons. The Morgan fingerprint density at radius 3 is 2.79 bits per heavy atom. The van der Waals surface area contributed by atoms with Gasteiger partial charge in [-0.05, 0) is 28.1 Å². The third-order valence-corrected chi connectivity index (χ3v) is 3.23. The fourth-order valence-electron chi connectivity index (χ4n) is 1.51. The number of rotatable bonds is 3. The third kappa shape index (κ3) is 3.21. The van der Waals surface area contributed by atoms with Crippen LogP contribution in [-0.4, -0.2) is 15.3 Å². The Balaban J connectivity index is 2.32. The maximum atomic E-state index is 12.0. The van der Waals surface area contributed by atoms with E-state index in [1.807, 2.05) is 0 Å². The number of nitrogens with one attached hydrogen (secondary N) is 1. The molecule has 0 fully saturated rings. The average Bonchev–Trinajstić information content (AvgIpc) is 2.36. The molecule has 0 amide bonds. The van der Waals surface area contributed by atoms with Gasteiger partial charge in [-0.25, -0.2) is 4.79 Å². The molecule has 0 atom stereocenters. The van der Waals surface area contributed by atoms with E-state index in [1.54, 1.807) is 18.2 Å². The van der Waals surface area contributed by atoms with Crippen LogP contribution in [0.15, 0.2) is 44.5 Å². The minimum absolute atomic E-state index is 0.172. The van der Waals surface area contributed by atoms with Crippen molar-refractivity contribution in [1.29, 1.82) is 0 Å². The van der Waals surface area contributed by atoms with Gasteiger partial charge in [0.05, 0.1) is 11.0 Å². The van der Waals surface area contributed by atoms with Gasteiger partial charge < -0.3 is 0 Å².